The summed E-state index contributed by atoms with van der Waals surface area (Å²) in [5.74, 6) is 0. The molecule has 1 aliphatic heterocycles. The lowest BCUT2D eigenvalue weighted by Crippen LogP contribution is -2.62. The summed E-state index contributed by atoms with van der Waals surface area (Å²) in [5.41, 5.74) is 6.31. The van der Waals surface area contributed by atoms with E-state index in [4.69, 9.17) is 15.2 Å². The number of piperidine rings is 1. The lowest BCUT2D eigenvalue weighted by molar-refractivity contribution is -0.187. The van der Waals surface area contributed by atoms with Gasteiger partial charge in [-0.25, -0.2) is 0 Å². The zero-order valence-electron chi connectivity index (χ0n) is 13.4. The molecule has 2 N–H and O–H groups in total. The van der Waals surface area contributed by atoms with Crippen molar-refractivity contribution in [2.45, 2.75) is 58.3 Å². The predicted octanol–water partition coefficient (Wildman–Crippen LogP) is 2.22. The minimum Gasteiger partial charge on any atom is -0.354 e. The second-order valence-corrected chi connectivity index (χ2v) is 6.06. The Hall–Kier alpha value is -0.160. The molecule has 1 unspecified atom stereocenters. The first-order valence-electron chi connectivity index (χ1n) is 7.52. The minimum atomic E-state index is -0.270. The third kappa shape index (κ3) is 3.30. The van der Waals surface area contributed by atoms with E-state index in [2.05, 4.69) is 25.7 Å². The van der Waals surface area contributed by atoms with Crippen molar-refractivity contribution in [1.29, 1.82) is 0 Å². The van der Waals surface area contributed by atoms with Gasteiger partial charge in [0.15, 0.2) is 6.29 Å². The van der Waals surface area contributed by atoms with E-state index in [0.29, 0.717) is 12.0 Å². The Balaban J connectivity index is 2.76. The van der Waals surface area contributed by atoms with Crippen LogP contribution in [0.3, 0.4) is 0 Å². The topological polar surface area (TPSA) is 47.7 Å². The summed E-state index contributed by atoms with van der Waals surface area (Å²) in [6, 6.07) is 0. The number of methoxy groups -OCH3 is 2. The van der Waals surface area contributed by atoms with Gasteiger partial charge in [-0.2, -0.15) is 0 Å². The molecule has 0 aromatic rings. The van der Waals surface area contributed by atoms with Crippen LogP contribution in [0.5, 0.6) is 0 Å². The van der Waals surface area contributed by atoms with E-state index >= 15 is 0 Å². The van der Waals surface area contributed by atoms with Crippen LogP contribution in [-0.4, -0.2) is 50.6 Å². The Labute approximate surface area is 118 Å². The lowest BCUT2D eigenvalue weighted by Gasteiger charge is -2.50. The van der Waals surface area contributed by atoms with E-state index in [0.717, 1.165) is 13.1 Å². The molecular weight excluding hydrogens is 240 g/mol. The van der Waals surface area contributed by atoms with E-state index in [-0.39, 0.29) is 11.8 Å². The maximum Gasteiger partial charge on any atom is 0.176 e. The molecule has 1 fully saturated rings. The van der Waals surface area contributed by atoms with Gasteiger partial charge in [0, 0.05) is 20.8 Å². The molecule has 1 aliphatic rings. The molecule has 0 amide bonds. The molecule has 0 spiro atoms. The number of rotatable bonds is 7. The Morgan fingerprint density at radius 1 is 1.16 bits per heavy atom. The van der Waals surface area contributed by atoms with Crippen LogP contribution in [0.25, 0.3) is 0 Å². The molecule has 4 heteroatoms. The summed E-state index contributed by atoms with van der Waals surface area (Å²) >= 11 is 0. The van der Waals surface area contributed by atoms with Crippen molar-refractivity contribution in [3.63, 3.8) is 0 Å². The normalized spacial score (nSPS) is 23.5. The van der Waals surface area contributed by atoms with Gasteiger partial charge in [0.1, 0.15) is 0 Å². The van der Waals surface area contributed by atoms with Crippen molar-refractivity contribution in [3.8, 4) is 0 Å². The summed E-state index contributed by atoms with van der Waals surface area (Å²) in [6.07, 6.45) is 4.77. The lowest BCUT2D eigenvalue weighted by atomic mass is 9.73. The van der Waals surface area contributed by atoms with Crippen LogP contribution in [0.1, 0.15) is 46.5 Å². The van der Waals surface area contributed by atoms with Crippen molar-refractivity contribution < 1.29 is 9.47 Å². The van der Waals surface area contributed by atoms with Gasteiger partial charge in [-0.05, 0) is 38.3 Å². The third-order valence-electron chi connectivity index (χ3n) is 5.40. The largest absolute Gasteiger partial charge is 0.354 e. The highest BCUT2D eigenvalue weighted by molar-refractivity contribution is 4.95. The number of likely N-dealkylation sites (tertiary alicyclic amines) is 1. The Kier molecular flexibility index (Phi) is 6.24. The van der Waals surface area contributed by atoms with Crippen LogP contribution in [-0.2, 0) is 9.47 Å². The zero-order chi connectivity index (χ0) is 14.5. The molecule has 19 heavy (non-hydrogen) atoms. The molecule has 0 radical (unpaired) electrons. The second-order valence-electron chi connectivity index (χ2n) is 6.06. The highest BCUT2D eigenvalue weighted by atomic mass is 16.7. The Morgan fingerprint density at radius 2 is 1.63 bits per heavy atom. The SMILES string of the molecule is CCC1(CC)CCN(C(C)(CN)C(OC)OC)CC1. The summed E-state index contributed by atoms with van der Waals surface area (Å²) in [7, 11) is 3.38. The molecule has 0 bridgehead atoms. The van der Waals surface area contributed by atoms with E-state index < -0.39 is 0 Å². The first-order valence-corrected chi connectivity index (χ1v) is 7.52. The first kappa shape index (κ1) is 16.9. The van der Waals surface area contributed by atoms with E-state index in [1.807, 2.05) is 0 Å². The average molecular weight is 272 g/mol. The summed E-state index contributed by atoms with van der Waals surface area (Å²) < 4.78 is 10.9. The molecule has 1 saturated heterocycles. The fraction of sp³-hybridized carbons (Fsp3) is 1.00. The van der Waals surface area contributed by atoms with Crippen molar-refractivity contribution in [2.75, 3.05) is 33.9 Å². The Bertz CT molecular complexity index is 255. The van der Waals surface area contributed by atoms with E-state index in [1.165, 1.54) is 25.7 Å². The quantitative estimate of drug-likeness (QED) is 0.722. The van der Waals surface area contributed by atoms with Crippen molar-refractivity contribution in [2.24, 2.45) is 11.1 Å². The molecule has 0 aliphatic carbocycles. The monoisotopic (exact) mass is 272 g/mol. The van der Waals surface area contributed by atoms with Gasteiger partial charge >= 0.3 is 0 Å². The van der Waals surface area contributed by atoms with Crippen LogP contribution >= 0.6 is 0 Å². The van der Waals surface area contributed by atoms with Gasteiger partial charge in [-0.3, -0.25) is 4.90 Å². The predicted molar refractivity (Wildman–Crippen MR) is 79.1 cm³/mol. The number of nitrogens with two attached hydrogens (primary N) is 1. The van der Waals surface area contributed by atoms with Crippen LogP contribution in [0.4, 0.5) is 0 Å². The summed E-state index contributed by atoms with van der Waals surface area (Å²) in [4.78, 5) is 2.45. The molecule has 114 valence electrons. The molecule has 0 saturated carbocycles. The molecule has 0 aromatic carbocycles. The fourth-order valence-electron chi connectivity index (χ4n) is 3.43. The Morgan fingerprint density at radius 3 is 1.95 bits per heavy atom. The van der Waals surface area contributed by atoms with Gasteiger partial charge in [0.05, 0.1) is 5.54 Å². The zero-order valence-corrected chi connectivity index (χ0v) is 13.4. The summed E-state index contributed by atoms with van der Waals surface area (Å²) in [6.45, 7) is 9.49. The molecule has 1 heterocycles. The molecule has 4 nitrogen and oxygen atoms in total. The van der Waals surface area contributed by atoms with Crippen molar-refractivity contribution in [1.82, 2.24) is 4.90 Å². The molecule has 0 aromatic heterocycles. The maximum atomic E-state index is 6.02. The minimum absolute atomic E-state index is 0.239. The molecule has 1 atom stereocenters. The highest BCUT2D eigenvalue weighted by Crippen LogP contribution is 2.40. The van der Waals surface area contributed by atoms with Gasteiger partial charge in [0.2, 0.25) is 0 Å². The third-order valence-corrected chi connectivity index (χ3v) is 5.40. The van der Waals surface area contributed by atoms with E-state index in [9.17, 15) is 0 Å². The number of hydrogen-bond donors (Lipinski definition) is 1. The van der Waals surface area contributed by atoms with E-state index in [1.54, 1.807) is 14.2 Å². The van der Waals surface area contributed by atoms with Gasteiger partial charge in [-0.1, -0.05) is 26.7 Å². The average Bonchev–Trinajstić information content (AvgIpc) is 2.48. The second kappa shape index (κ2) is 7.02. The van der Waals surface area contributed by atoms with Crippen LogP contribution < -0.4 is 5.73 Å². The maximum absolute atomic E-state index is 6.02. The number of hydrogen-bond acceptors (Lipinski definition) is 4. The van der Waals surface area contributed by atoms with Crippen molar-refractivity contribution >= 4 is 0 Å². The highest BCUT2D eigenvalue weighted by Gasteiger charge is 2.43. The van der Waals surface area contributed by atoms with Gasteiger partial charge in [0.25, 0.3) is 0 Å². The molecule has 1 rings (SSSR count). The first-order chi connectivity index (χ1) is 9.01. The smallest absolute Gasteiger partial charge is 0.176 e. The molecular formula is C15H32N2O2. The van der Waals surface area contributed by atoms with Gasteiger partial charge in [-0.15, -0.1) is 0 Å². The standard InChI is InChI=1S/C15H32N2O2/c1-6-15(7-2)8-10-17(11-9-15)14(3,12-16)13(18-4)19-5/h13H,6-12,16H2,1-5H3. The van der Waals surface area contributed by atoms with Gasteiger partial charge < -0.3 is 15.2 Å². The van der Waals surface area contributed by atoms with Crippen molar-refractivity contribution in [3.05, 3.63) is 0 Å². The fourth-order valence-corrected chi connectivity index (χ4v) is 3.43. The number of ether oxygens (including phenoxy) is 2. The van der Waals surface area contributed by atoms with Crippen LogP contribution in [0.15, 0.2) is 0 Å². The van der Waals surface area contributed by atoms with Crippen LogP contribution in [0, 0.1) is 5.41 Å². The van der Waals surface area contributed by atoms with Crippen LogP contribution in [0.2, 0.25) is 0 Å². The number of nitrogens with zero attached hydrogens (tertiary/aromatic N) is 1. The summed E-state index contributed by atoms with van der Waals surface area (Å²) in [5, 5.41) is 0.